The van der Waals surface area contributed by atoms with Gasteiger partial charge in [0.1, 0.15) is 0 Å². The number of halogens is 1. The minimum atomic E-state index is 0.123. The highest BCUT2D eigenvalue weighted by Gasteiger charge is 2.10. The molecule has 1 N–H and O–H groups in total. The summed E-state index contributed by atoms with van der Waals surface area (Å²) >= 11 is 6.06. The van der Waals surface area contributed by atoms with Crippen LogP contribution >= 0.6 is 11.6 Å². The summed E-state index contributed by atoms with van der Waals surface area (Å²) in [6.45, 7) is 11.4. The predicted molar refractivity (Wildman–Crippen MR) is 84.6 cm³/mol. The van der Waals surface area contributed by atoms with Crippen LogP contribution in [0.2, 0.25) is 5.02 Å². The summed E-state index contributed by atoms with van der Waals surface area (Å²) in [4.78, 5) is 0. The first-order valence-electron chi connectivity index (χ1n) is 6.83. The van der Waals surface area contributed by atoms with Crippen molar-refractivity contribution in [3.63, 3.8) is 0 Å². The van der Waals surface area contributed by atoms with Gasteiger partial charge in [-0.25, -0.2) is 4.68 Å². The lowest BCUT2D eigenvalue weighted by Gasteiger charge is -2.21. The third-order valence-corrected chi connectivity index (χ3v) is 3.61. The molecule has 0 amide bonds. The van der Waals surface area contributed by atoms with Crippen LogP contribution in [0.25, 0.3) is 5.69 Å². The minimum Gasteiger partial charge on any atom is -0.308 e. The van der Waals surface area contributed by atoms with E-state index in [1.54, 1.807) is 0 Å². The van der Waals surface area contributed by atoms with E-state index in [1.165, 1.54) is 11.1 Å². The third-order valence-electron chi connectivity index (χ3n) is 3.24. The van der Waals surface area contributed by atoms with Gasteiger partial charge in [-0.2, -0.15) is 5.10 Å². The number of nitrogens with zero attached hydrogens (tertiary/aromatic N) is 2. The predicted octanol–water partition coefficient (Wildman–Crippen LogP) is 4.03. The molecule has 0 saturated heterocycles. The highest BCUT2D eigenvalue weighted by Crippen LogP contribution is 2.19. The van der Waals surface area contributed by atoms with E-state index in [2.05, 4.69) is 56.3 Å². The molecule has 2 rings (SSSR count). The number of nitrogens with one attached hydrogen (secondary N) is 1. The molecule has 1 aromatic heterocycles. The maximum Gasteiger partial charge on any atom is 0.0819 e. The zero-order valence-electron chi connectivity index (χ0n) is 12.8. The van der Waals surface area contributed by atoms with Gasteiger partial charge >= 0.3 is 0 Å². The fraction of sp³-hybridized carbons (Fsp3) is 0.438. The second-order valence-corrected chi connectivity index (χ2v) is 6.63. The molecule has 108 valence electrons. The number of aryl methyl sites for hydroxylation is 2. The van der Waals surface area contributed by atoms with Crippen LogP contribution in [0.5, 0.6) is 0 Å². The lowest BCUT2D eigenvalue weighted by molar-refractivity contribution is 0.424. The first kappa shape index (κ1) is 15.1. The van der Waals surface area contributed by atoms with Crippen LogP contribution in [0.4, 0.5) is 0 Å². The summed E-state index contributed by atoms with van der Waals surface area (Å²) in [7, 11) is 0. The Kier molecular flexibility index (Phi) is 4.21. The van der Waals surface area contributed by atoms with E-state index < -0.39 is 0 Å². The molecule has 0 aliphatic carbocycles. The zero-order valence-corrected chi connectivity index (χ0v) is 13.5. The number of hydrogen-bond donors (Lipinski definition) is 1. The lowest BCUT2D eigenvalue weighted by Crippen LogP contribution is -2.35. The van der Waals surface area contributed by atoms with Crippen molar-refractivity contribution < 1.29 is 0 Å². The van der Waals surface area contributed by atoms with Gasteiger partial charge in [0.2, 0.25) is 0 Å². The molecule has 0 bridgehead atoms. The van der Waals surface area contributed by atoms with Crippen molar-refractivity contribution in [2.24, 2.45) is 0 Å². The Balaban J connectivity index is 2.21. The standard InChI is InChI=1S/C16H22ClN3/c1-11-8-14(20-10-15(17)12(2)19-20)7-6-13(11)9-18-16(3,4)5/h6-8,10,18H,9H2,1-5H3. The Morgan fingerprint density at radius 3 is 2.45 bits per heavy atom. The summed E-state index contributed by atoms with van der Waals surface area (Å²) < 4.78 is 1.83. The van der Waals surface area contributed by atoms with Crippen LogP contribution in [0, 0.1) is 13.8 Å². The van der Waals surface area contributed by atoms with Crippen LogP contribution in [-0.4, -0.2) is 15.3 Å². The minimum absolute atomic E-state index is 0.123. The van der Waals surface area contributed by atoms with Gasteiger partial charge in [-0.15, -0.1) is 0 Å². The quantitative estimate of drug-likeness (QED) is 0.925. The third kappa shape index (κ3) is 3.62. The second-order valence-electron chi connectivity index (χ2n) is 6.22. The van der Waals surface area contributed by atoms with E-state index >= 15 is 0 Å². The number of aromatic nitrogens is 2. The Morgan fingerprint density at radius 1 is 1.25 bits per heavy atom. The molecule has 0 fully saturated rings. The molecule has 1 aromatic carbocycles. The number of hydrogen-bond acceptors (Lipinski definition) is 2. The molecule has 0 unspecified atom stereocenters. The molecule has 0 aliphatic rings. The van der Waals surface area contributed by atoms with E-state index in [9.17, 15) is 0 Å². The van der Waals surface area contributed by atoms with Crippen molar-refractivity contribution in [1.82, 2.24) is 15.1 Å². The fourth-order valence-electron chi connectivity index (χ4n) is 1.95. The highest BCUT2D eigenvalue weighted by molar-refractivity contribution is 6.31. The first-order chi connectivity index (χ1) is 9.26. The van der Waals surface area contributed by atoms with Gasteiger partial charge in [0.25, 0.3) is 0 Å². The van der Waals surface area contributed by atoms with Gasteiger partial charge < -0.3 is 5.32 Å². The summed E-state index contributed by atoms with van der Waals surface area (Å²) in [5, 5.41) is 8.61. The normalized spacial score (nSPS) is 11.9. The molecular weight excluding hydrogens is 270 g/mol. The van der Waals surface area contributed by atoms with E-state index in [4.69, 9.17) is 11.6 Å². The van der Waals surface area contributed by atoms with E-state index in [0.717, 1.165) is 17.9 Å². The average Bonchev–Trinajstić information content (AvgIpc) is 2.67. The molecule has 0 radical (unpaired) electrons. The number of benzene rings is 1. The largest absolute Gasteiger partial charge is 0.308 e. The average molecular weight is 292 g/mol. The lowest BCUT2D eigenvalue weighted by atomic mass is 10.0. The second kappa shape index (κ2) is 5.58. The first-order valence-corrected chi connectivity index (χ1v) is 7.21. The fourth-order valence-corrected chi connectivity index (χ4v) is 2.08. The molecule has 0 spiro atoms. The van der Waals surface area contributed by atoms with Gasteiger partial charge in [-0.3, -0.25) is 0 Å². The van der Waals surface area contributed by atoms with E-state index in [1.807, 2.05) is 17.8 Å². The Bertz CT molecular complexity index is 589. The molecule has 20 heavy (non-hydrogen) atoms. The maximum atomic E-state index is 6.06. The van der Waals surface area contributed by atoms with E-state index in [-0.39, 0.29) is 5.54 Å². The van der Waals surface area contributed by atoms with Gasteiger partial charge in [-0.1, -0.05) is 17.7 Å². The molecule has 4 heteroatoms. The molecule has 3 nitrogen and oxygen atoms in total. The van der Waals surface area contributed by atoms with Crippen molar-refractivity contribution in [2.75, 3.05) is 0 Å². The topological polar surface area (TPSA) is 29.9 Å². The Morgan fingerprint density at radius 2 is 1.95 bits per heavy atom. The summed E-state index contributed by atoms with van der Waals surface area (Å²) in [6.07, 6.45) is 1.85. The van der Waals surface area contributed by atoms with Crippen LogP contribution in [0.3, 0.4) is 0 Å². The molecule has 2 aromatic rings. The van der Waals surface area contributed by atoms with Crippen LogP contribution in [0.1, 0.15) is 37.6 Å². The van der Waals surface area contributed by atoms with Gasteiger partial charge in [0.05, 0.1) is 16.4 Å². The van der Waals surface area contributed by atoms with E-state index in [0.29, 0.717) is 5.02 Å². The summed E-state index contributed by atoms with van der Waals surface area (Å²) in [5.41, 5.74) is 4.57. The Hall–Kier alpha value is -1.32. The SMILES string of the molecule is Cc1cc(-n2cc(Cl)c(C)n2)ccc1CNC(C)(C)C. The van der Waals surface area contributed by atoms with Crippen molar-refractivity contribution >= 4 is 11.6 Å². The molecule has 0 saturated carbocycles. The monoisotopic (exact) mass is 291 g/mol. The van der Waals surface area contributed by atoms with Crippen LogP contribution < -0.4 is 5.32 Å². The number of rotatable bonds is 3. The Labute approximate surface area is 126 Å². The van der Waals surface area contributed by atoms with Crippen LogP contribution in [-0.2, 0) is 6.54 Å². The van der Waals surface area contributed by atoms with Gasteiger partial charge in [-0.05, 0) is 57.9 Å². The molecule has 1 heterocycles. The van der Waals surface area contributed by atoms with Crippen LogP contribution in [0.15, 0.2) is 24.4 Å². The zero-order chi connectivity index (χ0) is 14.9. The van der Waals surface area contributed by atoms with Crippen molar-refractivity contribution in [2.45, 2.75) is 46.7 Å². The van der Waals surface area contributed by atoms with Crippen molar-refractivity contribution in [1.29, 1.82) is 0 Å². The molecule has 0 aliphatic heterocycles. The van der Waals surface area contributed by atoms with Crippen molar-refractivity contribution in [3.05, 3.63) is 46.2 Å². The summed E-state index contributed by atoms with van der Waals surface area (Å²) in [6, 6.07) is 6.37. The molecular formula is C16H22ClN3. The smallest absolute Gasteiger partial charge is 0.0819 e. The highest BCUT2D eigenvalue weighted by atomic mass is 35.5. The van der Waals surface area contributed by atoms with Gasteiger partial charge in [0, 0.05) is 18.3 Å². The van der Waals surface area contributed by atoms with Gasteiger partial charge in [0.15, 0.2) is 0 Å². The summed E-state index contributed by atoms with van der Waals surface area (Å²) in [5.74, 6) is 0. The van der Waals surface area contributed by atoms with Crippen molar-refractivity contribution in [3.8, 4) is 5.69 Å². The maximum absolute atomic E-state index is 6.06. The molecule has 0 atom stereocenters.